The van der Waals surface area contributed by atoms with Gasteiger partial charge in [0.1, 0.15) is 11.9 Å². The SMILES string of the molecule is COCC(C)Oc1ccccc1C(C)C. The molecule has 1 aromatic rings. The van der Waals surface area contributed by atoms with E-state index < -0.39 is 0 Å². The predicted molar refractivity (Wildman–Crippen MR) is 62.5 cm³/mol. The maximum absolute atomic E-state index is 5.82. The lowest BCUT2D eigenvalue weighted by atomic mass is 10.0. The average Bonchev–Trinajstić information content (AvgIpc) is 2.18. The fourth-order valence-corrected chi connectivity index (χ4v) is 1.55. The molecular formula is C13H20O2. The smallest absolute Gasteiger partial charge is 0.123 e. The Morgan fingerprint density at radius 1 is 1.13 bits per heavy atom. The van der Waals surface area contributed by atoms with Gasteiger partial charge in [0.25, 0.3) is 0 Å². The molecule has 0 saturated heterocycles. The summed E-state index contributed by atoms with van der Waals surface area (Å²) in [5.41, 5.74) is 1.25. The predicted octanol–water partition coefficient (Wildman–Crippen LogP) is 3.22. The fourth-order valence-electron chi connectivity index (χ4n) is 1.55. The number of benzene rings is 1. The Bertz CT molecular complexity index is 294. The van der Waals surface area contributed by atoms with Crippen LogP contribution in [0.4, 0.5) is 0 Å². The largest absolute Gasteiger partial charge is 0.488 e. The molecule has 1 unspecified atom stereocenters. The first kappa shape index (κ1) is 12.1. The van der Waals surface area contributed by atoms with Crippen molar-refractivity contribution in [2.75, 3.05) is 13.7 Å². The molecule has 1 rings (SSSR count). The Morgan fingerprint density at radius 3 is 2.40 bits per heavy atom. The van der Waals surface area contributed by atoms with Crippen molar-refractivity contribution in [3.8, 4) is 5.75 Å². The molecule has 1 aromatic carbocycles. The Balaban J connectivity index is 2.75. The van der Waals surface area contributed by atoms with Crippen molar-refractivity contribution in [3.63, 3.8) is 0 Å². The van der Waals surface area contributed by atoms with Crippen LogP contribution in [0.1, 0.15) is 32.3 Å². The van der Waals surface area contributed by atoms with Gasteiger partial charge in [-0.3, -0.25) is 0 Å². The summed E-state index contributed by atoms with van der Waals surface area (Å²) in [6.07, 6.45) is 0.0925. The summed E-state index contributed by atoms with van der Waals surface area (Å²) in [5, 5.41) is 0. The van der Waals surface area contributed by atoms with Crippen LogP contribution >= 0.6 is 0 Å². The van der Waals surface area contributed by atoms with Gasteiger partial charge in [0.15, 0.2) is 0 Å². The number of para-hydroxylation sites is 1. The number of methoxy groups -OCH3 is 1. The van der Waals surface area contributed by atoms with Crippen molar-refractivity contribution < 1.29 is 9.47 Å². The van der Waals surface area contributed by atoms with Crippen molar-refractivity contribution >= 4 is 0 Å². The lowest BCUT2D eigenvalue weighted by Gasteiger charge is -2.18. The van der Waals surface area contributed by atoms with E-state index >= 15 is 0 Å². The molecule has 0 radical (unpaired) electrons. The third-order valence-corrected chi connectivity index (χ3v) is 2.27. The maximum atomic E-state index is 5.82. The van der Waals surface area contributed by atoms with Crippen LogP contribution in [-0.2, 0) is 4.74 Å². The molecule has 0 fully saturated rings. The van der Waals surface area contributed by atoms with E-state index in [2.05, 4.69) is 19.9 Å². The standard InChI is InChI=1S/C13H20O2/c1-10(2)12-7-5-6-8-13(12)15-11(3)9-14-4/h5-8,10-11H,9H2,1-4H3. The lowest BCUT2D eigenvalue weighted by Crippen LogP contribution is -2.18. The van der Waals surface area contributed by atoms with Gasteiger partial charge >= 0.3 is 0 Å². The summed E-state index contributed by atoms with van der Waals surface area (Å²) < 4.78 is 10.9. The fraction of sp³-hybridized carbons (Fsp3) is 0.538. The van der Waals surface area contributed by atoms with Crippen LogP contribution in [0.3, 0.4) is 0 Å². The third-order valence-electron chi connectivity index (χ3n) is 2.27. The van der Waals surface area contributed by atoms with E-state index in [0.29, 0.717) is 12.5 Å². The zero-order valence-electron chi connectivity index (χ0n) is 9.99. The number of ether oxygens (including phenoxy) is 2. The van der Waals surface area contributed by atoms with Gasteiger partial charge in [-0.1, -0.05) is 32.0 Å². The van der Waals surface area contributed by atoms with Crippen LogP contribution in [0.25, 0.3) is 0 Å². The van der Waals surface area contributed by atoms with Gasteiger partial charge in [-0.15, -0.1) is 0 Å². The summed E-state index contributed by atoms with van der Waals surface area (Å²) in [5.74, 6) is 1.45. The normalized spacial score (nSPS) is 12.9. The summed E-state index contributed by atoms with van der Waals surface area (Å²) in [6, 6.07) is 8.17. The van der Waals surface area contributed by atoms with Gasteiger partial charge in [-0.25, -0.2) is 0 Å². The molecule has 1 atom stereocenters. The first-order chi connectivity index (χ1) is 7.15. The summed E-state index contributed by atoms with van der Waals surface area (Å²) in [7, 11) is 1.69. The first-order valence-corrected chi connectivity index (χ1v) is 5.39. The molecule has 15 heavy (non-hydrogen) atoms. The molecule has 2 heteroatoms. The van der Waals surface area contributed by atoms with Crippen LogP contribution in [0.2, 0.25) is 0 Å². The molecule has 0 bridgehead atoms. The van der Waals surface area contributed by atoms with E-state index in [1.54, 1.807) is 7.11 Å². The van der Waals surface area contributed by atoms with Gasteiger partial charge in [-0.05, 0) is 24.5 Å². The molecule has 0 aliphatic carbocycles. The molecule has 0 aromatic heterocycles. The van der Waals surface area contributed by atoms with E-state index in [-0.39, 0.29) is 6.10 Å². The summed E-state index contributed by atoms with van der Waals surface area (Å²) in [4.78, 5) is 0. The van der Waals surface area contributed by atoms with Crippen LogP contribution in [-0.4, -0.2) is 19.8 Å². The molecular weight excluding hydrogens is 188 g/mol. The van der Waals surface area contributed by atoms with E-state index in [0.717, 1.165) is 5.75 Å². The Morgan fingerprint density at radius 2 is 1.80 bits per heavy atom. The highest BCUT2D eigenvalue weighted by molar-refractivity contribution is 5.35. The number of hydrogen-bond acceptors (Lipinski definition) is 2. The van der Waals surface area contributed by atoms with Gasteiger partial charge < -0.3 is 9.47 Å². The highest BCUT2D eigenvalue weighted by Gasteiger charge is 2.09. The molecule has 0 amide bonds. The van der Waals surface area contributed by atoms with E-state index in [4.69, 9.17) is 9.47 Å². The Hall–Kier alpha value is -1.02. The zero-order valence-corrected chi connectivity index (χ0v) is 9.99. The van der Waals surface area contributed by atoms with Crippen molar-refractivity contribution in [1.29, 1.82) is 0 Å². The minimum absolute atomic E-state index is 0.0925. The van der Waals surface area contributed by atoms with Crippen molar-refractivity contribution in [2.45, 2.75) is 32.8 Å². The Kier molecular flexibility index (Phi) is 4.63. The molecule has 0 aliphatic heterocycles. The molecule has 0 saturated carbocycles. The second-order valence-electron chi connectivity index (χ2n) is 4.08. The zero-order chi connectivity index (χ0) is 11.3. The van der Waals surface area contributed by atoms with Crippen molar-refractivity contribution in [1.82, 2.24) is 0 Å². The van der Waals surface area contributed by atoms with Crippen molar-refractivity contribution in [3.05, 3.63) is 29.8 Å². The van der Waals surface area contributed by atoms with E-state index in [9.17, 15) is 0 Å². The van der Waals surface area contributed by atoms with Gasteiger partial charge in [-0.2, -0.15) is 0 Å². The number of hydrogen-bond donors (Lipinski definition) is 0. The topological polar surface area (TPSA) is 18.5 Å². The summed E-state index contributed by atoms with van der Waals surface area (Å²) >= 11 is 0. The van der Waals surface area contributed by atoms with Crippen LogP contribution in [0.15, 0.2) is 24.3 Å². The monoisotopic (exact) mass is 208 g/mol. The molecule has 0 aliphatic rings. The Labute approximate surface area is 92.2 Å². The number of rotatable bonds is 5. The van der Waals surface area contributed by atoms with Crippen molar-refractivity contribution in [2.24, 2.45) is 0 Å². The van der Waals surface area contributed by atoms with E-state index in [1.165, 1.54) is 5.56 Å². The molecule has 0 N–H and O–H groups in total. The maximum Gasteiger partial charge on any atom is 0.123 e. The molecule has 0 heterocycles. The minimum Gasteiger partial charge on any atom is -0.488 e. The second kappa shape index (κ2) is 5.76. The van der Waals surface area contributed by atoms with Gasteiger partial charge in [0, 0.05) is 7.11 Å². The quantitative estimate of drug-likeness (QED) is 0.739. The van der Waals surface area contributed by atoms with Gasteiger partial charge in [0.2, 0.25) is 0 Å². The minimum atomic E-state index is 0.0925. The highest BCUT2D eigenvalue weighted by atomic mass is 16.5. The van der Waals surface area contributed by atoms with Crippen LogP contribution in [0, 0.1) is 0 Å². The average molecular weight is 208 g/mol. The van der Waals surface area contributed by atoms with Crippen LogP contribution < -0.4 is 4.74 Å². The van der Waals surface area contributed by atoms with Crippen LogP contribution in [0.5, 0.6) is 5.75 Å². The molecule has 0 spiro atoms. The third kappa shape index (κ3) is 3.56. The second-order valence-corrected chi connectivity index (χ2v) is 4.08. The summed E-state index contributed by atoms with van der Waals surface area (Å²) in [6.45, 7) is 6.97. The lowest BCUT2D eigenvalue weighted by molar-refractivity contribution is 0.0912. The van der Waals surface area contributed by atoms with E-state index in [1.807, 2.05) is 25.1 Å². The van der Waals surface area contributed by atoms with Gasteiger partial charge in [0.05, 0.1) is 6.61 Å². The molecule has 2 nitrogen and oxygen atoms in total. The highest BCUT2D eigenvalue weighted by Crippen LogP contribution is 2.26. The molecule has 84 valence electrons. The first-order valence-electron chi connectivity index (χ1n) is 5.39.